The zero-order valence-corrected chi connectivity index (χ0v) is 15.5. The van der Waals surface area contributed by atoms with E-state index in [1.54, 1.807) is 18.2 Å². The summed E-state index contributed by atoms with van der Waals surface area (Å²) in [4.78, 5) is 52.1. The number of hydrogen-bond acceptors (Lipinski definition) is 5. The molecule has 27 heavy (non-hydrogen) atoms. The van der Waals surface area contributed by atoms with Gasteiger partial charge in [-0.15, -0.1) is 11.3 Å². The second kappa shape index (κ2) is 5.31. The number of benzene rings is 4. The topological polar surface area (TPSA) is 68.3 Å². The summed E-state index contributed by atoms with van der Waals surface area (Å²) in [5, 5.41) is 1.41. The molecule has 0 saturated heterocycles. The second-order valence-corrected chi connectivity index (χ2v) is 8.02. The zero-order chi connectivity index (χ0) is 19.0. The molecular weight excluding hydrogens is 384 g/mol. The predicted molar refractivity (Wildman–Crippen MR) is 112 cm³/mol. The van der Waals surface area contributed by atoms with Crippen LogP contribution in [0.2, 0.25) is 5.02 Å². The maximum absolute atomic E-state index is 13.1. The minimum Gasteiger partial charge on any atom is -0.289 e. The van der Waals surface area contributed by atoms with Crippen molar-refractivity contribution in [1.29, 1.82) is 0 Å². The second-order valence-electron chi connectivity index (χ2n) is 6.57. The van der Waals surface area contributed by atoms with E-state index in [0.29, 0.717) is 10.4 Å². The largest absolute Gasteiger partial charge is 0.289 e. The Morgan fingerprint density at radius 3 is 1.78 bits per heavy atom. The van der Waals surface area contributed by atoms with Gasteiger partial charge in [0.05, 0.1) is 20.2 Å². The molecule has 6 heteroatoms. The number of halogens is 1. The maximum Gasteiger partial charge on any atom is 0.204 e. The van der Waals surface area contributed by atoms with E-state index in [4.69, 9.17) is 11.6 Å². The Hall–Kier alpha value is -2.89. The highest BCUT2D eigenvalue weighted by Crippen LogP contribution is 2.29. The van der Waals surface area contributed by atoms with Crippen molar-refractivity contribution in [2.45, 2.75) is 6.92 Å². The Labute approximate surface area is 159 Å². The van der Waals surface area contributed by atoms with Crippen LogP contribution in [0.1, 0.15) is 5.56 Å². The van der Waals surface area contributed by atoms with Crippen LogP contribution in [0, 0.1) is 6.92 Å². The van der Waals surface area contributed by atoms with E-state index in [1.807, 2.05) is 6.92 Å². The van der Waals surface area contributed by atoms with Gasteiger partial charge in [0.1, 0.15) is 0 Å². The lowest BCUT2D eigenvalue weighted by atomic mass is 10.0. The van der Waals surface area contributed by atoms with Crippen LogP contribution in [0.15, 0.2) is 55.6 Å². The molecule has 1 heterocycles. The highest BCUT2D eigenvalue weighted by atomic mass is 35.5. The Bertz CT molecular complexity index is 1550. The van der Waals surface area contributed by atoms with Crippen molar-refractivity contribution in [2.75, 3.05) is 0 Å². The molecule has 1 aromatic heterocycles. The summed E-state index contributed by atoms with van der Waals surface area (Å²) in [6, 6.07) is 9.46. The van der Waals surface area contributed by atoms with Crippen LogP contribution < -0.4 is 21.7 Å². The lowest BCUT2D eigenvalue weighted by Gasteiger charge is -2.00. The molecule has 0 bridgehead atoms. The van der Waals surface area contributed by atoms with E-state index in [1.165, 1.54) is 18.2 Å². The standard InChI is InChI=1S/C21H9ClO4S/c1-8-2-4-10-12(6-8)18(25)20-14(16(10)23)15-17(24)11-5-3-9(22)7-13(11)19(26)21(15)27-20/h2-7H,1H3. The molecule has 4 nitrogen and oxygen atoms in total. The smallest absolute Gasteiger partial charge is 0.204 e. The highest BCUT2D eigenvalue weighted by Gasteiger charge is 2.21. The third-order valence-corrected chi connectivity index (χ3v) is 6.33. The molecule has 0 fully saturated rings. The average Bonchev–Trinajstić information content (AvgIpc) is 3.05. The lowest BCUT2D eigenvalue weighted by Crippen LogP contribution is -2.15. The summed E-state index contributed by atoms with van der Waals surface area (Å²) in [7, 11) is 0. The lowest BCUT2D eigenvalue weighted by molar-refractivity contribution is 1.50. The van der Waals surface area contributed by atoms with Gasteiger partial charge in [0.2, 0.25) is 10.9 Å². The molecule has 130 valence electrons. The monoisotopic (exact) mass is 392 g/mol. The third kappa shape index (κ3) is 2.04. The Kier molecular flexibility index (Phi) is 3.21. The quantitative estimate of drug-likeness (QED) is 0.403. The van der Waals surface area contributed by atoms with E-state index in [2.05, 4.69) is 0 Å². The molecule has 5 rings (SSSR count). The van der Waals surface area contributed by atoms with E-state index < -0.39 is 10.9 Å². The molecule has 4 aromatic carbocycles. The van der Waals surface area contributed by atoms with Gasteiger partial charge in [-0.3, -0.25) is 19.2 Å². The van der Waals surface area contributed by atoms with Gasteiger partial charge in [-0.25, -0.2) is 0 Å². The Balaban J connectivity index is 2.20. The minimum atomic E-state index is -0.425. The highest BCUT2D eigenvalue weighted by molar-refractivity contribution is 7.25. The van der Waals surface area contributed by atoms with Gasteiger partial charge in [-0.05, 0) is 31.2 Å². The molecule has 5 aromatic rings. The molecule has 0 spiro atoms. The van der Waals surface area contributed by atoms with E-state index in [-0.39, 0.29) is 47.2 Å². The van der Waals surface area contributed by atoms with Gasteiger partial charge in [0.25, 0.3) is 0 Å². The van der Waals surface area contributed by atoms with Gasteiger partial charge in [0.15, 0.2) is 10.9 Å². The van der Waals surface area contributed by atoms with Gasteiger partial charge in [0, 0.05) is 26.6 Å². The van der Waals surface area contributed by atoms with E-state index >= 15 is 0 Å². The fraction of sp³-hybridized carbons (Fsp3) is 0.0476. The number of thiophene rings is 1. The van der Waals surface area contributed by atoms with Gasteiger partial charge in [-0.2, -0.15) is 0 Å². The summed E-state index contributed by atoms with van der Waals surface area (Å²) < 4.78 is 0.287. The number of aryl methyl sites for hydroxylation is 1. The molecule has 0 unspecified atom stereocenters. The van der Waals surface area contributed by atoms with Crippen LogP contribution in [0.5, 0.6) is 0 Å². The van der Waals surface area contributed by atoms with Crippen molar-refractivity contribution in [2.24, 2.45) is 0 Å². The van der Waals surface area contributed by atoms with Gasteiger partial charge in [-0.1, -0.05) is 29.3 Å². The molecule has 0 aliphatic heterocycles. The van der Waals surface area contributed by atoms with Crippen LogP contribution in [-0.4, -0.2) is 0 Å². The summed E-state index contributed by atoms with van der Waals surface area (Å²) >= 11 is 6.89. The zero-order valence-electron chi connectivity index (χ0n) is 13.9. The van der Waals surface area contributed by atoms with Gasteiger partial charge >= 0.3 is 0 Å². The van der Waals surface area contributed by atoms with Crippen molar-refractivity contribution >= 4 is 64.7 Å². The summed E-state index contributed by atoms with van der Waals surface area (Å²) in [5.74, 6) is 0. The van der Waals surface area contributed by atoms with Crippen LogP contribution >= 0.6 is 22.9 Å². The van der Waals surface area contributed by atoms with Crippen molar-refractivity contribution in [3.05, 3.63) is 87.9 Å². The van der Waals surface area contributed by atoms with Crippen molar-refractivity contribution in [3.63, 3.8) is 0 Å². The first kappa shape index (κ1) is 16.3. The fourth-order valence-electron chi connectivity index (χ4n) is 3.64. The molecular formula is C21H9ClO4S. The molecule has 0 N–H and O–H groups in total. The third-order valence-electron chi connectivity index (χ3n) is 4.91. The molecule has 0 aliphatic rings. The number of rotatable bonds is 0. The van der Waals surface area contributed by atoms with Crippen molar-refractivity contribution in [1.82, 2.24) is 0 Å². The summed E-state index contributed by atoms with van der Waals surface area (Å²) in [6.45, 7) is 1.83. The number of fused-ring (bicyclic) bond motifs is 5. The molecule has 0 aliphatic carbocycles. The normalized spacial score (nSPS) is 11.9. The predicted octanol–water partition coefficient (Wildman–Crippen LogP) is 3.64. The molecule has 0 amide bonds. The first-order valence-corrected chi connectivity index (χ1v) is 9.33. The summed E-state index contributed by atoms with van der Waals surface area (Å²) in [6.07, 6.45) is 0. The van der Waals surface area contributed by atoms with Gasteiger partial charge < -0.3 is 0 Å². The Morgan fingerprint density at radius 1 is 0.667 bits per heavy atom. The van der Waals surface area contributed by atoms with Crippen molar-refractivity contribution in [3.8, 4) is 0 Å². The summed E-state index contributed by atoms with van der Waals surface area (Å²) in [5.41, 5.74) is -0.678. The number of hydrogen-bond donors (Lipinski definition) is 0. The van der Waals surface area contributed by atoms with E-state index in [0.717, 1.165) is 16.9 Å². The van der Waals surface area contributed by atoms with Crippen molar-refractivity contribution < 1.29 is 0 Å². The van der Waals surface area contributed by atoms with Crippen LogP contribution in [-0.2, 0) is 0 Å². The SMILES string of the molecule is Cc1ccc2c(=O)c3c(sc4c(=O)c5cc(Cl)ccc5c(=O)c43)c(=O)c2c1. The minimum absolute atomic E-state index is 0.0411. The maximum atomic E-state index is 13.1. The first-order chi connectivity index (χ1) is 12.9. The van der Waals surface area contributed by atoms with Crippen LogP contribution in [0.4, 0.5) is 0 Å². The molecule has 0 atom stereocenters. The average molecular weight is 393 g/mol. The van der Waals surface area contributed by atoms with E-state index in [9.17, 15) is 19.2 Å². The van der Waals surface area contributed by atoms with Crippen LogP contribution in [0.25, 0.3) is 41.7 Å². The molecule has 0 radical (unpaired) electrons. The first-order valence-electron chi connectivity index (χ1n) is 8.14. The molecule has 0 saturated carbocycles. The van der Waals surface area contributed by atoms with Crippen LogP contribution in [0.3, 0.4) is 0 Å². The Morgan fingerprint density at radius 2 is 1.19 bits per heavy atom. The fourth-order valence-corrected chi connectivity index (χ4v) is 5.02.